The van der Waals surface area contributed by atoms with E-state index < -0.39 is 6.10 Å². The van der Waals surface area contributed by atoms with E-state index in [1.807, 2.05) is 19.2 Å². The second-order valence-corrected chi connectivity index (χ2v) is 5.89. The molecule has 1 aromatic heterocycles. The number of aliphatic hydroxyl groups is 1. The molecule has 0 bridgehead atoms. The highest BCUT2D eigenvalue weighted by atomic mass is 79.9. The lowest BCUT2D eigenvalue weighted by Gasteiger charge is -2.20. The van der Waals surface area contributed by atoms with Crippen molar-refractivity contribution in [3.05, 3.63) is 46.7 Å². The van der Waals surface area contributed by atoms with E-state index in [2.05, 4.69) is 38.1 Å². The quantitative estimate of drug-likeness (QED) is 0.841. The lowest BCUT2D eigenvalue weighted by Crippen LogP contribution is -2.31. The molecule has 1 atom stereocenters. The van der Waals surface area contributed by atoms with Crippen LogP contribution in [0.1, 0.15) is 5.56 Å². The van der Waals surface area contributed by atoms with Crippen molar-refractivity contribution in [1.82, 2.24) is 14.7 Å². The van der Waals surface area contributed by atoms with E-state index in [0.717, 1.165) is 11.0 Å². The van der Waals surface area contributed by atoms with Crippen LogP contribution >= 0.6 is 15.9 Å². The van der Waals surface area contributed by atoms with Gasteiger partial charge in [-0.3, -0.25) is 9.58 Å². The van der Waals surface area contributed by atoms with Crippen molar-refractivity contribution in [2.45, 2.75) is 19.2 Å². The van der Waals surface area contributed by atoms with Crippen LogP contribution in [0.5, 0.6) is 0 Å². The summed E-state index contributed by atoms with van der Waals surface area (Å²) in [6.45, 7) is 1.81. The molecular formula is C14H19BrN4O. The number of benzene rings is 1. The second-order valence-electron chi connectivity index (χ2n) is 4.98. The molecule has 0 saturated carbocycles. The molecule has 1 unspecified atom stereocenters. The summed E-state index contributed by atoms with van der Waals surface area (Å²) >= 11 is 3.46. The van der Waals surface area contributed by atoms with Gasteiger partial charge in [0, 0.05) is 23.8 Å². The van der Waals surface area contributed by atoms with E-state index in [9.17, 15) is 5.11 Å². The maximum Gasteiger partial charge on any atom is 0.0862 e. The number of rotatable bonds is 6. The third-order valence-corrected chi connectivity index (χ3v) is 3.41. The summed E-state index contributed by atoms with van der Waals surface area (Å²) in [5.74, 6) is 0. The Morgan fingerprint density at radius 2 is 2.30 bits per heavy atom. The van der Waals surface area contributed by atoms with Crippen molar-refractivity contribution in [3.63, 3.8) is 0 Å². The summed E-state index contributed by atoms with van der Waals surface area (Å²) in [6, 6.07) is 8.16. The zero-order valence-corrected chi connectivity index (χ0v) is 13.0. The molecular weight excluding hydrogens is 320 g/mol. The van der Waals surface area contributed by atoms with Gasteiger partial charge in [-0.15, -0.1) is 0 Å². The van der Waals surface area contributed by atoms with Gasteiger partial charge in [-0.2, -0.15) is 5.10 Å². The molecule has 5 nitrogen and oxygen atoms in total. The first-order chi connectivity index (χ1) is 9.52. The average molecular weight is 339 g/mol. The maximum atomic E-state index is 10.1. The van der Waals surface area contributed by atoms with Crippen LogP contribution in [-0.2, 0) is 13.1 Å². The third kappa shape index (κ3) is 4.63. The van der Waals surface area contributed by atoms with Crippen molar-refractivity contribution in [2.75, 3.05) is 19.3 Å². The fourth-order valence-electron chi connectivity index (χ4n) is 2.12. The van der Waals surface area contributed by atoms with E-state index in [1.165, 1.54) is 5.56 Å². The molecule has 108 valence electrons. The van der Waals surface area contributed by atoms with E-state index in [4.69, 9.17) is 5.73 Å². The lowest BCUT2D eigenvalue weighted by atomic mass is 10.2. The van der Waals surface area contributed by atoms with E-state index in [-0.39, 0.29) is 0 Å². The van der Waals surface area contributed by atoms with Crippen LogP contribution < -0.4 is 5.73 Å². The Labute approximate surface area is 127 Å². The van der Waals surface area contributed by atoms with Crippen LogP contribution in [0, 0.1) is 0 Å². The predicted molar refractivity (Wildman–Crippen MR) is 83.1 cm³/mol. The molecule has 0 aliphatic carbocycles. The standard InChI is InChI=1S/C14H19BrN4O/c1-18(7-11-3-2-4-12(15)5-11)9-14(20)10-19-8-13(16)6-17-19/h2-6,8,14,20H,7,9-10,16H2,1H3. The van der Waals surface area contributed by atoms with E-state index in [1.54, 1.807) is 17.1 Å². The summed E-state index contributed by atoms with van der Waals surface area (Å²) < 4.78 is 2.73. The van der Waals surface area contributed by atoms with Crippen LogP contribution in [0.3, 0.4) is 0 Å². The van der Waals surface area contributed by atoms with Crippen molar-refractivity contribution in [1.29, 1.82) is 0 Å². The zero-order chi connectivity index (χ0) is 14.5. The van der Waals surface area contributed by atoms with Gasteiger partial charge in [0.05, 0.1) is 24.5 Å². The van der Waals surface area contributed by atoms with Crippen LogP contribution in [0.2, 0.25) is 0 Å². The summed E-state index contributed by atoms with van der Waals surface area (Å²) in [5, 5.41) is 14.1. The summed E-state index contributed by atoms with van der Waals surface area (Å²) in [6.07, 6.45) is 2.82. The zero-order valence-electron chi connectivity index (χ0n) is 11.4. The number of nitrogens with two attached hydrogens (primary N) is 1. The van der Waals surface area contributed by atoms with Crippen molar-refractivity contribution in [3.8, 4) is 0 Å². The Bertz CT molecular complexity index is 558. The minimum absolute atomic E-state index is 0.444. The van der Waals surface area contributed by atoms with E-state index in [0.29, 0.717) is 18.8 Å². The first-order valence-corrected chi connectivity index (χ1v) is 7.21. The van der Waals surface area contributed by atoms with E-state index >= 15 is 0 Å². The Morgan fingerprint density at radius 3 is 2.95 bits per heavy atom. The molecule has 0 radical (unpaired) electrons. The van der Waals surface area contributed by atoms with Gasteiger partial charge in [-0.1, -0.05) is 28.1 Å². The number of hydrogen-bond donors (Lipinski definition) is 2. The molecule has 0 aliphatic heterocycles. The van der Waals surface area contributed by atoms with Crippen LogP contribution in [-0.4, -0.2) is 39.5 Å². The molecule has 1 heterocycles. The minimum Gasteiger partial charge on any atom is -0.396 e. The first-order valence-electron chi connectivity index (χ1n) is 6.42. The smallest absolute Gasteiger partial charge is 0.0862 e. The normalized spacial score (nSPS) is 12.8. The number of nitrogens with zero attached hydrogens (tertiary/aromatic N) is 3. The Kier molecular flexibility index (Phi) is 5.17. The lowest BCUT2D eigenvalue weighted by molar-refractivity contribution is 0.104. The number of aromatic nitrogens is 2. The first kappa shape index (κ1) is 15.0. The van der Waals surface area contributed by atoms with Crippen molar-refractivity contribution < 1.29 is 5.11 Å². The van der Waals surface area contributed by atoms with Gasteiger partial charge in [0.1, 0.15) is 0 Å². The predicted octanol–water partition coefficient (Wildman–Crippen LogP) is 1.72. The van der Waals surface area contributed by atoms with Crippen LogP contribution in [0.15, 0.2) is 41.1 Å². The van der Waals surface area contributed by atoms with Gasteiger partial charge in [-0.05, 0) is 24.7 Å². The van der Waals surface area contributed by atoms with Gasteiger partial charge >= 0.3 is 0 Å². The number of hydrogen-bond acceptors (Lipinski definition) is 4. The topological polar surface area (TPSA) is 67.3 Å². The monoisotopic (exact) mass is 338 g/mol. The Morgan fingerprint density at radius 1 is 1.50 bits per heavy atom. The maximum absolute atomic E-state index is 10.1. The van der Waals surface area contributed by atoms with Gasteiger partial charge in [0.25, 0.3) is 0 Å². The van der Waals surface area contributed by atoms with Crippen molar-refractivity contribution in [2.24, 2.45) is 0 Å². The number of anilines is 1. The fraction of sp³-hybridized carbons (Fsp3) is 0.357. The summed E-state index contributed by atoms with van der Waals surface area (Å²) in [5.41, 5.74) is 7.41. The fourth-order valence-corrected chi connectivity index (χ4v) is 2.57. The highest BCUT2D eigenvalue weighted by molar-refractivity contribution is 9.10. The highest BCUT2D eigenvalue weighted by Crippen LogP contribution is 2.13. The number of aliphatic hydroxyl groups excluding tert-OH is 1. The Hall–Kier alpha value is -1.37. The molecule has 0 aliphatic rings. The van der Waals surface area contributed by atoms with Gasteiger partial charge in [0.2, 0.25) is 0 Å². The molecule has 0 saturated heterocycles. The SMILES string of the molecule is CN(Cc1cccc(Br)c1)CC(O)Cn1cc(N)cn1. The average Bonchev–Trinajstić information content (AvgIpc) is 2.74. The number of nitrogen functional groups attached to an aromatic ring is 1. The molecule has 1 aromatic carbocycles. The number of likely N-dealkylation sites (N-methyl/N-ethyl adjacent to an activating group) is 1. The van der Waals surface area contributed by atoms with Crippen molar-refractivity contribution >= 4 is 21.6 Å². The highest BCUT2D eigenvalue weighted by Gasteiger charge is 2.10. The molecule has 2 rings (SSSR count). The van der Waals surface area contributed by atoms with Gasteiger partial charge in [0.15, 0.2) is 0 Å². The van der Waals surface area contributed by atoms with Crippen LogP contribution in [0.25, 0.3) is 0 Å². The van der Waals surface area contributed by atoms with Gasteiger partial charge in [-0.25, -0.2) is 0 Å². The third-order valence-electron chi connectivity index (χ3n) is 2.91. The molecule has 20 heavy (non-hydrogen) atoms. The Balaban J connectivity index is 1.83. The molecule has 6 heteroatoms. The largest absolute Gasteiger partial charge is 0.396 e. The minimum atomic E-state index is -0.480. The second kappa shape index (κ2) is 6.88. The van der Waals surface area contributed by atoms with Gasteiger partial charge < -0.3 is 10.8 Å². The molecule has 0 fully saturated rings. The van der Waals surface area contributed by atoms with Crippen LogP contribution in [0.4, 0.5) is 5.69 Å². The number of halogens is 1. The molecule has 0 amide bonds. The molecule has 3 N–H and O–H groups in total. The summed E-state index contributed by atoms with van der Waals surface area (Å²) in [7, 11) is 1.99. The molecule has 2 aromatic rings. The summed E-state index contributed by atoms with van der Waals surface area (Å²) in [4.78, 5) is 2.08. The molecule has 0 spiro atoms.